The maximum Gasteiger partial charge on any atom is 0.364 e. The zero-order valence-corrected chi connectivity index (χ0v) is 73.6. The maximum absolute atomic E-state index is 13.8. The summed E-state index contributed by atoms with van der Waals surface area (Å²) < 4.78 is 71.4. The first kappa shape index (κ1) is 112. The van der Waals surface area contributed by atoms with Crippen LogP contribution in [0.15, 0.2) is 24.3 Å². The molecule has 0 aromatic rings. The molecule has 0 aromatic heterocycles. The maximum atomic E-state index is 13.8. The summed E-state index contributed by atoms with van der Waals surface area (Å²) in [5.74, 6) is -12.7. The largest absolute Gasteiger partial charge is 0.477 e. The second kappa shape index (κ2) is 58.4. The van der Waals surface area contributed by atoms with Gasteiger partial charge in [0, 0.05) is 26.2 Å². The molecule has 6 rings (SSSR count). The van der Waals surface area contributed by atoms with Crippen LogP contribution in [0, 0.1) is 0 Å². The first-order valence-electron chi connectivity index (χ1n) is 45.9. The van der Waals surface area contributed by atoms with E-state index in [0.717, 1.165) is 90.4 Å². The van der Waals surface area contributed by atoms with Gasteiger partial charge in [-0.05, 0) is 44.9 Å². The minimum absolute atomic E-state index is 0.0975. The summed E-state index contributed by atoms with van der Waals surface area (Å²) in [5.41, 5.74) is 0. The van der Waals surface area contributed by atoms with Gasteiger partial charge in [-0.15, -0.1) is 0 Å². The zero-order chi connectivity index (χ0) is 93.5. The number of carboxylic acids is 2. The van der Waals surface area contributed by atoms with Crippen molar-refractivity contribution in [2.45, 2.75) is 447 Å². The van der Waals surface area contributed by atoms with Gasteiger partial charge in [-0.25, -0.2) is 9.59 Å². The fourth-order valence-electron chi connectivity index (χ4n) is 16.8. The minimum Gasteiger partial charge on any atom is -0.477 e. The van der Waals surface area contributed by atoms with Crippen molar-refractivity contribution < 1.29 is 193 Å². The highest BCUT2D eigenvalue weighted by molar-refractivity contribution is 5.77. The Morgan fingerprint density at radius 3 is 1.21 bits per heavy atom. The van der Waals surface area contributed by atoms with Crippen LogP contribution < -0.4 is 10.6 Å². The molecule has 25 N–H and O–H groups in total. The lowest BCUT2D eigenvalue weighted by Gasteiger charge is -2.52. The number of ether oxygens (including phenoxy) is 12. The topological polar surface area (TPSA) is 668 Å². The molecule has 6 fully saturated rings. The summed E-state index contributed by atoms with van der Waals surface area (Å²) in [6.07, 6.45) is -27.5. The molecule has 740 valence electrons. The number of aliphatic hydroxyl groups is 21. The van der Waals surface area contributed by atoms with E-state index in [1.807, 2.05) is 0 Å². The van der Waals surface area contributed by atoms with Crippen LogP contribution in [0.2, 0.25) is 0 Å². The molecule has 2 amide bonds. The average Bonchev–Trinajstić information content (AvgIpc) is 0.751. The second-order valence-corrected chi connectivity index (χ2v) is 34.5. The molecule has 0 aromatic carbocycles. The van der Waals surface area contributed by atoms with E-state index in [4.69, 9.17) is 56.8 Å². The van der Waals surface area contributed by atoms with Gasteiger partial charge in [0.05, 0.1) is 70.6 Å². The second-order valence-electron chi connectivity index (χ2n) is 34.5. The third-order valence-electron chi connectivity index (χ3n) is 24.4. The molecular weight excluding hydrogens is 1680 g/mol. The van der Waals surface area contributed by atoms with Gasteiger partial charge >= 0.3 is 11.9 Å². The molecule has 0 saturated carbocycles. The monoisotopic (exact) mass is 1840 g/mol. The smallest absolute Gasteiger partial charge is 0.364 e. The Morgan fingerprint density at radius 1 is 0.409 bits per heavy atom. The van der Waals surface area contributed by atoms with Gasteiger partial charge in [-0.2, -0.15) is 0 Å². The van der Waals surface area contributed by atoms with Crippen LogP contribution in [-0.2, 0) is 76.0 Å². The van der Waals surface area contributed by atoms with Gasteiger partial charge in [0.25, 0.3) is 11.6 Å². The van der Waals surface area contributed by atoms with Gasteiger partial charge < -0.3 is 185 Å². The highest BCUT2D eigenvalue weighted by Gasteiger charge is 2.64. The molecule has 0 radical (unpaired) electrons. The summed E-state index contributed by atoms with van der Waals surface area (Å²) >= 11 is 0. The van der Waals surface area contributed by atoms with E-state index in [9.17, 15) is 137 Å². The van der Waals surface area contributed by atoms with Crippen molar-refractivity contribution in [3.8, 4) is 0 Å². The summed E-state index contributed by atoms with van der Waals surface area (Å²) in [6.45, 7) is -2.66. The molecule has 41 heteroatoms. The Morgan fingerprint density at radius 2 is 0.780 bits per heavy atom. The van der Waals surface area contributed by atoms with E-state index in [2.05, 4.69) is 36.6 Å². The van der Waals surface area contributed by atoms with Crippen LogP contribution in [0.3, 0.4) is 0 Å². The number of carbonyl (C=O) groups is 4. The molecule has 6 heterocycles. The first-order valence-corrected chi connectivity index (χ1v) is 45.9. The number of carbonyl (C=O) groups excluding carboxylic acids is 2. The summed E-state index contributed by atoms with van der Waals surface area (Å²) in [4.78, 5) is 54.1. The minimum atomic E-state index is -3.49. The molecule has 0 bridgehead atoms. The van der Waals surface area contributed by atoms with Gasteiger partial charge in [0.2, 0.25) is 11.8 Å². The number of allylic oxidation sites excluding steroid dienone is 3. The standard InChI is InChI=1S/C86H152N2O39/c1-4-6-8-10-12-14-16-18-19-20-21-22-23-24-25-27-29-31-33-35-37-39-60(101)88-50(51(96)38-36-34-32-30-28-26-17-15-13-11-9-7-5-2)48-116-80-69(109)68(108)72(58(46-93)119-80)121-82-71(111)78(127-86(84(114)115)41-53(98)63(103)76(125-86)65(105)55(100)43-90)73(59(47-94)120-82)122-79-61(87-49(3)95)74(66(106)56(44-91)117-79)123-81-70(110)77(67(107)57(45-92)118-81)126-85(83(112)113)40-52(97)62(102)75(124-85)64(104)54(99)42-89/h18-19,36,38,50-59,61-82,89-94,96-100,102-111H,4-17,20-35,37,39-48H2,1-3H3,(H,87,95)(H,88,101)(H,112,113)(H,114,115)/b19-18-,38-36+/t50-,51+,52?,53?,54+,55+,56?,57?,58?,59?,61?,62+,63+,64+,65+,66-,67-,68+,69?,70?,71?,72+,73-,74+,75?,76?,77-,78+,79-,80+,81-,82-,85-,86-/m0/s1. The van der Waals surface area contributed by atoms with Crippen LogP contribution in [0.25, 0.3) is 0 Å². The van der Waals surface area contributed by atoms with Crippen LogP contribution in [-0.4, -0.2) is 395 Å². The molecule has 0 aliphatic carbocycles. The molecule has 41 nitrogen and oxygen atoms in total. The number of unbranched alkanes of at least 4 members (excludes halogenated alkanes) is 28. The molecule has 127 heavy (non-hydrogen) atoms. The number of amides is 2. The van der Waals surface area contributed by atoms with Crippen LogP contribution in [0.5, 0.6) is 0 Å². The molecular formula is C86H152N2O39. The average molecular weight is 1840 g/mol. The quantitative estimate of drug-likeness (QED) is 0.0230. The Balaban J connectivity index is 1.22. The van der Waals surface area contributed by atoms with Crippen molar-refractivity contribution in [3.63, 3.8) is 0 Å². The number of aliphatic carboxylic acids is 2. The number of hydrogen-bond donors (Lipinski definition) is 25. The molecule has 6 aliphatic heterocycles. The van der Waals surface area contributed by atoms with Gasteiger partial charge in [0.1, 0.15) is 146 Å². The lowest BCUT2D eigenvalue weighted by Crippen LogP contribution is -2.72. The highest BCUT2D eigenvalue weighted by atomic mass is 16.8. The normalized spacial score (nSPS) is 35.3. The Labute approximate surface area is 742 Å². The molecule has 34 atom stereocenters. The predicted octanol–water partition coefficient (Wildman–Crippen LogP) is -2.04. The molecule has 12 unspecified atom stereocenters. The zero-order valence-electron chi connectivity index (χ0n) is 73.6. The van der Waals surface area contributed by atoms with Gasteiger partial charge in [0.15, 0.2) is 25.2 Å². The van der Waals surface area contributed by atoms with Gasteiger partial charge in [-0.3, -0.25) is 9.59 Å². The van der Waals surface area contributed by atoms with E-state index in [1.54, 1.807) is 6.08 Å². The van der Waals surface area contributed by atoms with Crippen molar-refractivity contribution >= 4 is 23.8 Å². The van der Waals surface area contributed by atoms with Crippen molar-refractivity contribution in [1.29, 1.82) is 0 Å². The summed E-state index contributed by atoms with van der Waals surface area (Å²) in [5, 5.41) is 261. The first-order chi connectivity index (χ1) is 60.8. The van der Waals surface area contributed by atoms with Crippen LogP contribution >= 0.6 is 0 Å². The lowest BCUT2D eigenvalue weighted by atomic mass is 9.90. The SMILES string of the molecule is CCCCCCCC/C=C\CCCCCCCCCCCCCC(=O)N[C@@H](CO[C@@H]1OC(CO)[C@@H](O[C@@H]2OC(CO)[C@H](O[C@@H]3OC(CO)[C@H](O)[C@H](O[C@@H]4OC(CO)[C@H](O)[C@H](O[C@]5(C(=O)O)CC(O)[C@@H](O)C([C@H](O)[C@H](O)CO)O5)C4O)C3NC(C)=O)[C@H](O[C@]3(C(=O)O)CC(O)[C@@H](O)C([C@H](O)[C@H](O)CO)O3)C2O)[C@H](O)C1O)[C@H](O)/C=C/CCCCCCCCCCCCC. The van der Waals surface area contributed by atoms with E-state index in [1.165, 1.54) is 109 Å². The number of aliphatic hydroxyl groups excluding tert-OH is 21. The van der Waals surface area contributed by atoms with Crippen molar-refractivity contribution in [3.05, 3.63) is 24.3 Å². The van der Waals surface area contributed by atoms with Crippen molar-refractivity contribution in [2.75, 3.05) is 46.2 Å². The number of carboxylic acid groups (broad SMARTS) is 2. The highest BCUT2D eigenvalue weighted by Crippen LogP contribution is 2.43. The molecule has 6 saturated heterocycles. The summed E-state index contributed by atoms with van der Waals surface area (Å²) in [7, 11) is 0. The van der Waals surface area contributed by atoms with E-state index in [0.29, 0.717) is 12.8 Å². The number of rotatable bonds is 62. The molecule has 6 aliphatic rings. The Bertz CT molecular complexity index is 3100. The van der Waals surface area contributed by atoms with E-state index in [-0.39, 0.29) is 6.42 Å². The summed E-state index contributed by atoms with van der Waals surface area (Å²) in [6, 6.07) is -3.32. The van der Waals surface area contributed by atoms with Crippen LogP contribution in [0.4, 0.5) is 0 Å². The Hall–Kier alpha value is -3.96. The van der Waals surface area contributed by atoms with Crippen molar-refractivity contribution in [2.24, 2.45) is 0 Å². The number of nitrogens with one attached hydrogen (secondary N) is 2. The lowest BCUT2D eigenvalue weighted by molar-refractivity contribution is -0.407. The third-order valence-corrected chi connectivity index (χ3v) is 24.4. The number of hydrogen-bond acceptors (Lipinski definition) is 37. The van der Waals surface area contributed by atoms with Crippen LogP contribution in [0.1, 0.15) is 239 Å². The Kier molecular flexibility index (Phi) is 51.4. The fourth-order valence-corrected chi connectivity index (χ4v) is 16.8. The van der Waals surface area contributed by atoms with E-state index < -0.39 is 290 Å². The van der Waals surface area contributed by atoms with Gasteiger partial charge in [-0.1, -0.05) is 192 Å². The van der Waals surface area contributed by atoms with E-state index >= 15 is 0 Å². The predicted molar refractivity (Wildman–Crippen MR) is 444 cm³/mol. The third kappa shape index (κ3) is 33.5. The molecule has 0 spiro atoms. The fraction of sp³-hybridized carbons (Fsp3) is 0.907. The van der Waals surface area contributed by atoms with Crippen molar-refractivity contribution in [1.82, 2.24) is 10.6 Å².